The predicted octanol–water partition coefficient (Wildman–Crippen LogP) is 2.95. The predicted molar refractivity (Wildman–Crippen MR) is 99.9 cm³/mol. The Morgan fingerprint density at radius 3 is 2.44 bits per heavy atom. The first-order valence-electron chi connectivity index (χ1n) is 7.97. The van der Waals surface area contributed by atoms with E-state index in [1.54, 1.807) is 30.3 Å². The molecule has 1 amide bonds. The third-order valence-electron chi connectivity index (χ3n) is 4.00. The second kappa shape index (κ2) is 7.55. The molecule has 1 saturated heterocycles. The van der Waals surface area contributed by atoms with Crippen LogP contribution in [0.5, 0.6) is 0 Å². The standard InChI is InChI=1S/C17H20N2O4S2/c1-25(21,22)19(15-8-10-23-11-9-15)14-6-4-13(5-7-14)18-17(20)16-3-2-12-24-16/h2-7,12,15H,8-11H2,1H3,(H,18,20). The summed E-state index contributed by atoms with van der Waals surface area (Å²) in [6.07, 6.45) is 2.56. The number of amides is 1. The summed E-state index contributed by atoms with van der Waals surface area (Å²) in [6, 6.07) is 10.4. The van der Waals surface area contributed by atoms with E-state index in [0.717, 1.165) is 0 Å². The minimum absolute atomic E-state index is 0.102. The van der Waals surface area contributed by atoms with Crippen LogP contribution in [-0.2, 0) is 14.8 Å². The van der Waals surface area contributed by atoms with E-state index in [9.17, 15) is 13.2 Å². The van der Waals surface area contributed by atoms with Crippen LogP contribution in [0.25, 0.3) is 0 Å². The van der Waals surface area contributed by atoms with Gasteiger partial charge in [0.05, 0.1) is 16.8 Å². The summed E-state index contributed by atoms with van der Waals surface area (Å²) < 4.78 is 31.3. The number of ether oxygens (including phenoxy) is 1. The van der Waals surface area contributed by atoms with Crippen LogP contribution in [0.1, 0.15) is 22.5 Å². The van der Waals surface area contributed by atoms with Crippen molar-refractivity contribution in [3.05, 3.63) is 46.7 Å². The van der Waals surface area contributed by atoms with Gasteiger partial charge in [-0.25, -0.2) is 8.42 Å². The number of benzene rings is 1. The Morgan fingerprint density at radius 1 is 1.20 bits per heavy atom. The molecule has 3 rings (SSSR count). The summed E-state index contributed by atoms with van der Waals surface area (Å²) in [4.78, 5) is 12.7. The maximum Gasteiger partial charge on any atom is 0.265 e. The van der Waals surface area contributed by atoms with Gasteiger partial charge >= 0.3 is 0 Å². The molecule has 0 unspecified atom stereocenters. The van der Waals surface area contributed by atoms with Gasteiger partial charge in [0.1, 0.15) is 0 Å². The average molecular weight is 380 g/mol. The van der Waals surface area contributed by atoms with Gasteiger partial charge in [-0.2, -0.15) is 0 Å². The Kier molecular flexibility index (Phi) is 5.41. The molecule has 0 bridgehead atoms. The van der Waals surface area contributed by atoms with Gasteiger partial charge in [0.25, 0.3) is 5.91 Å². The lowest BCUT2D eigenvalue weighted by Gasteiger charge is -2.34. The first kappa shape index (κ1) is 17.9. The molecule has 2 heterocycles. The minimum atomic E-state index is -3.40. The molecule has 0 spiro atoms. The summed E-state index contributed by atoms with van der Waals surface area (Å²) in [5.41, 5.74) is 1.23. The highest BCUT2D eigenvalue weighted by Crippen LogP contribution is 2.27. The van der Waals surface area contributed by atoms with E-state index in [-0.39, 0.29) is 11.9 Å². The van der Waals surface area contributed by atoms with Gasteiger partial charge in [0, 0.05) is 24.9 Å². The molecule has 1 aromatic carbocycles. The van der Waals surface area contributed by atoms with Crippen LogP contribution in [0, 0.1) is 0 Å². The lowest BCUT2D eigenvalue weighted by Crippen LogP contribution is -2.43. The number of hydrogen-bond acceptors (Lipinski definition) is 5. The number of carbonyl (C=O) groups is 1. The summed E-state index contributed by atoms with van der Waals surface area (Å²) in [5.74, 6) is -0.174. The van der Waals surface area contributed by atoms with E-state index in [1.165, 1.54) is 21.9 Å². The van der Waals surface area contributed by atoms with Gasteiger partial charge in [-0.05, 0) is 48.6 Å². The molecule has 1 N–H and O–H groups in total. The van der Waals surface area contributed by atoms with Crippen molar-refractivity contribution >= 4 is 38.6 Å². The molecule has 0 radical (unpaired) electrons. The number of nitrogens with one attached hydrogen (secondary N) is 1. The number of hydrogen-bond donors (Lipinski definition) is 1. The van der Waals surface area contributed by atoms with Crippen LogP contribution in [0.15, 0.2) is 41.8 Å². The zero-order valence-corrected chi connectivity index (χ0v) is 15.5. The molecule has 2 aromatic rings. The van der Waals surface area contributed by atoms with E-state index in [1.807, 2.05) is 11.4 Å². The Morgan fingerprint density at radius 2 is 1.88 bits per heavy atom. The van der Waals surface area contributed by atoms with Crippen LogP contribution >= 0.6 is 11.3 Å². The Labute approximate surface area is 151 Å². The van der Waals surface area contributed by atoms with Gasteiger partial charge in [-0.3, -0.25) is 9.10 Å². The van der Waals surface area contributed by atoms with Crippen molar-refractivity contribution in [3.8, 4) is 0 Å². The summed E-state index contributed by atoms with van der Waals surface area (Å²) in [7, 11) is -3.40. The van der Waals surface area contributed by atoms with Gasteiger partial charge in [-0.15, -0.1) is 11.3 Å². The Hall–Kier alpha value is -1.90. The van der Waals surface area contributed by atoms with E-state index in [0.29, 0.717) is 42.3 Å². The van der Waals surface area contributed by atoms with Crippen LogP contribution in [0.3, 0.4) is 0 Å². The molecule has 1 fully saturated rings. The first-order valence-corrected chi connectivity index (χ1v) is 10.7. The molecule has 1 aliphatic heterocycles. The first-order chi connectivity index (χ1) is 11.9. The summed E-state index contributed by atoms with van der Waals surface area (Å²) in [6.45, 7) is 1.12. The maximum atomic E-state index is 12.3. The van der Waals surface area contributed by atoms with Crippen molar-refractivity contribution in [3.63, 3.8) is 0 Å². The summed E-state index contributed by atoms with van der Waals surface area (Å²) in [5, 5.41) is 4.66. The van der Waals surface area contributed by atoms with Crippen molar-refractivity contribution in [1.82, 2.24) is 0 Å². The topological polar surface area (TPSA) is 75.7 Å². The molecule has 6 nitrogen and oxygen atoms in total. The monoisotopic (exact) mass is 380 g/mol. The van der Waals surface area contributed by atoms with Crippen LogP contribution in [0.4, 0.5) is 11.4 Å². The molecule has 1 aliphatic rings. The SMILES string of the molecule is CS(=O)(=O)N(c1ccc(NC(=O)c2cccs2)cc1)C1CCOCC1. The molecule has 0 aliphatic carbocycles. The smallest absolute Gasteiger partial charge is 0.265 e. The Bertz CT molecular complexity index is 811. The number of rotatable bonds is 5. The molecule has 1 aromatic heterocycles. The number of sulfonamides is 1. The molecule has 25 heavy (non-hydrogen) atoms. The Balaban J connectivity index is 1.78. The quantitative estimate of drug-likeness (QED) is 0.865. The van der Waals surface area contributed by atoms with Crippen LogP contribution < -0.4 is 9.62 Å². The molecule has 0 saturated carbocycles. The lowest BCUT2D eigenvalue weighted by atomic mass is 10.1. The molecule has 134 valence electrons. The van der Waals surface area contributed by atoms with Crippen molar-refractivity contribution in [2.24, 2.45) is 0 Å². The van der Waals surface area contributed by atoms with Crippen molar-refractivity contribution in [2.45, 2.75) is 18.9 Å². The zero-order valence-electron chi connectivity index (χ0n) is 13.8. The number of carbonyl (C=O) groups excluding carboxylic acids is 1. The lowest BCUT2D eigenvalue weighted by molar-refractivity contribution is 0.0875. The van der Waals surface area contributed by atoms with Crippen molar-refractivity contribution in [1.29, 1.82) is 0 Å². The number of thiophene rings is 1. The highest BCUT2D eigenvalue weighted by Gasteiger charge is 2.28. The second-order valence-electron chi connectivity index (χ2n) is 5.88. The van der Waals surface area contributed by atoms with Gasteiger partial charge in [-0.1, -0.05) is 6.07 Å². The highest BCUT2D eigenvalue weighted by atomic mass is 32.2. The fourth-order valence-electron chi connectivity index (χ4n) is 2.88. The average Bonchev–Trinajstić information content (AvgIpc) is 3.11. The van der Waals surface area contributed by atoms with Crippen LogP contribution in [-0.4, -0.2) is 39.8 Å². The maximum absolute atomic E-state index is 12.3. The molecular formula is C17H20N2O4S2. The third kappa shape index (κ3) is 4.39. The van der Waals surface area contributed by atoms with Gasteiger partial charge < -0.3 is 10.1 Å². The van der Waals surface area contributed by atoms with Gasteiger partial charge in [0.2, 0.25) is 10.0 Å². The zero-order chi connectivity index (χ0) is 17.9. The van der Waals surface area contributed by atoms with E-state index in [2.05, 4.69) is 5.32 Å². The van der Waals surface area contributed by atoms with Crippen molar-refractivity contribution in [2.75, 3.05) is 29.1 Å². The third-order valence-corrected chi connectivity index (χ3v) is 6.10. The summed E-state index contributed by atoms with van der Waals surface area (Å²) >= 11 is 1.37. The fourth-order valence-corrected chi connectivity index (χ4v) is 4.76. The van der Waals surface area contributed by atoms with Gasteiger partial charge in [0.15, 0.2) is 0 Å². The van der Waals surface area contributed by atoms with E-state index in [4.69, 9.17) is 4.74 Å². The second-order valence-corrected chi connectivity index (χ2v) is 8.69. The van der Waals surface area contributed by atoms with E-state index >= 15 is 0 Å². The fraction of sp³-hybridized carbons (Fsp3) is 0.353. The normalized spacial score (nSPS) is 15.7. The number of anilines is 2. The van der Waals surface area contributed by atoms with Crippen LogP contribution in [0.2, 0.25) is 0 Å². The largest absolute Gasteiger partial charge is 0.381 e. The van der Waals surface area contributed by atoms with E-state index < -0.39 is 10.0 Å². The molecular weight excluding hydrogens is 360 g/mol. The van der Waals surface area contributed by atoms with Crippen molar-refractivity contribution < 1.29 is 17.9 Å². The molecule has 8 heteroatoms. The minimum Gasteiger partial charge on any atom is -0.381 e. The molecule has 0 atom stereocenters. The highest BCUT2D eigenvalue weighted by molar-refractivity contribution is 7.92. The number of nitrogens with zero attached hydrogens (tertiary/aromatic N) is 1.